The van der Waals surface area contributed by atoms with Crippen LogP contribution in [-0.4, -0.2) is 13.2 Å². The first-order valence-electron chi connectivity index (χ1n) is 6.01. The highest BCUT2D eigenvalue weighted by molar-refractivity contribution is 9.10. The molecule has 1 N–H and O–H groups in total. The van der Waals surface area contributed by atoms with Gasteiger partial charge in [-0.25, -0.2) is 0 Å². The summed E-state index contributed by atoms with van der Waals surface area (Å²) in [6, 6.07) is 10.1. The Bertz CT molecular complexity index is 518. The monoisotopic (exact) mass is 359 g/mol. The van der Waals surface area contributed by atoms with Gasteiger partial charge in [-0.15, -0.1) is 11.3 Å². The average Bonchev–Trinajstić information content (AvgIpc) is 2.92. The van der Waals surface area contributed by atoms with Crippen LogP contribution in [0.1, 0.15) is 17.8 Å². The molecule has 102 valence electrons. The lowest BCUT2D eigenvalue weighted by molar-refractivity contribution is 0.308. The quantitative estimate of drug-likeness (QED) is 0.740. The van der Waals surface area contributed by atoms with E-state index in [2.05, 4.69) is 45.7 Å². The maximum atomic E-state index is 6.05. The van der Waals surface area contributed by atoms with Gasteiger partial charge in [-0.3, -0.25) is 0 Å². The number of nitrogens with one attached hydrogen (secondary N) is 1. The van der Waals surface area contributed by atoms with Gasteiger partial charge in [-0.2, -0.15) is 0 Å². The molecule has 0 amide bonds. The lowest BCUT2D eigenvalue weighted by atomic mass is 10.3. The molecule has 1 heterocycles. The molecule has 19 heavy (non-hydrogen) atoms. The lowest BCUT2D eigenvalue weighted by Crippen LogP contribution is -2.23. The molecular weight excluding hydrogens is 346 g/mol. The highest BCUT2D eigenvalue weighted by Crippen LogP contribution is 2.27. The first-order valence-corrected chi connectivity index (χ1v) is 8.06. The number of ether oxygens (including phenoxy) is 1. The number of rotatable bonds is 6. The van der Waals surface area contributed by atoms with Crippen LogP contribution in [0.4, 0.5) is 0 Å². The molecule has 5 heteroatoms. The highest BCUT2D eigenvalue weighted by Gasteiger charge is 2.06. The predicted molar refractivity (Wildman–Crippen MR) is 85.4 cm³/mol. The van der Waals surface area contributed by atoms with Crippen LogP contribution in [0.3, 0.4) is 0 Å². The molecule has 0 radical (unpaired) electrons. The van der Waals surface area contributed by atoms with Crippen molar-refractivity contribution < 1.29 is 4.74 Å². The normalized spacial score (nSPS) is 12.4. The molecule has 0 saturated carbocycles. The van der Waals surface area contributed by atoms with Crippen LogP contribution in [0.15, 0.2) is 40.2 Å². The molecule has 1 unspecified atom stereocenters. The van der Waals surface area contributed by atoms with Crippen LogP contribution >= 0.6 is 38.9 Å². The number of hydrogen-bond acceptors (Lipinski definition) is 3. The molecule has 2 nitrogen and oxygen atoms in total. The van der Waals surface area contributed by atoms with Gasteiger partial charge >= 0.3 is 0 Å². The van der Waals surface area contributed by atoms with Crippen molar-refractivity contribution in [2.75, 3.05) is 13.2 Å². The molecule has 0 aliphatic carbocycles. The van der Waals surface area contributed by atoms with E-state index in [-0.39, 0.29) is 0 Å². The number of benzene rings is 1. The molecule has 1 aromatic carbocycles. The Kier molecular flexibility index (Phi) is 5.70. The zero-order valence-corrected chi connectivity index (χ0v) is 13.7. The van der Waals surface area contributed by atoms with Crippen LogP contribution in [-0.2, 0) is 0 Å². The van der Waals surface area contributed by atoms with E-state index < -0.39 is 0 Å². The van der Waals surface area contributed by atoms with E-state index in [1.165, 1.54) is 4.88 Å². The molecule has 0 aliphatic heterocycles. The van der Waals surface area contributed by atoms with Gasteiger partial charge in [0, 0.05) is 21.9 Å². The summed E-state index contributed by atoms with van der Waals surface area (Å²) < 4.78 is 6.63. The van der Waals surface area contributed by atoms with Gasteiger partial charge in [-0.05, 0) is 36.6 Å². The Morgan fingerprint density at radius 3 is 3.00 bits per heavy atom. The van der Waals surface area contributed by atoms with Gasteiger partial charge in [0.2, 0.25) is 0 Å². The van der Waals surface area contributed by atoms with Crippen molar-refractivity contribution in [1.29, 1.82) is 0 Å². The number of hydrogen-bond donors (Lipinski definition) is 1. The van der Waals surface area contributed by atoms with E-state index in [1.54, 1.807) is 11.3 Å². The molecule has 0 bridgehead atoms. The zero-order valence-electron chi connectivity index (χ0n) is 10.5. The van der Waals surface area contributed by atoms with Crippen molar-refractivity contribution in [3.05, 3.63) is 50.1 Å². The lowest BCUT2D eigenvalue weighted by Gasteiger charge is -2.13. The van der Waals surface area contributed by atoms with Crippen molar-refractivity contribution in [2.24, 2.45) is 0 Å². The van der Waals surface area contributed by atoms with Gasteiger partial charge in [0.1, 0.15) is 12.4 Å². The van der Waals surface area contributed by atoms with Crippen LogP contribution in [0.2, 0.25) is 5.02 Å². The maximum Gasteiger partial charge on any atom is 0.139 e. The van der Waals surface area contributed by atoms with E-state index in [0.717, 1.165) is 11.0 Å². The average molecular weight is 361 g/mol. The fourth-order valence-corrected chi connectivity index (χ4v) is 2.93. The summed E-state index contributed by atoms with van der Waals surface area (Å²) in [6.45, 7) is 3.52. The molecule has 0 aliphatic rings. The summed E-state index contributed by atoms with van der Waals surface area (Å²) in [7, 11) is 0. The molecular formula is C14H15BrClNOS. The smallest absolute Gasteiger partial charge is 0.139 e. The largest absolute Gasteiger partial charge is 0.491 e. The second-order valence-corrected chi connectivity index (χ2v) is 6.42. The number of halogens is 2. The topological polar surface area (TPSA) is 21.3 Å². The second kappa shape index (κ2) is 7.29. The fraction of sp³-hybridized carbons (Fsp3) is 0.286. The summed E-state index contributed by atoms with van der Waals surface area (Å²) in [6.07, 6.45) is 0. The predicted octanol–water partition coefficient (Wildman–Crippen LogP) is 4.89. The van der Waals surface area contributed by atoms with Gasteiger partial charge in [0.25, 0.3) is 0 Å². The molecule has 1 atom stereocenters. The Morgan fingerprint density at radius 1 is 1.42 bits per heavy atom. The van der Waals surface area contributed by atoms with E-state index >= 15 is 0 Å². The Labute approximate surface area is 130 Å². The summed E-state index contributed by atoms with van der Waals surface area (Å²) in [5.74, 6) is 0.710. The summed E-state index contributed by atoms with van der Waals surface area (Å²) >= 11 is 11.2. The molecule has 2 aromatic rings. The Hall–Kier alpha value is -0.550. The molecule has 2 rings (SSSR count). The minimum atomic E-state index is 0.349. The standard InChI is InChI=1S/C14H15BrClNOS/c1-10(14-3-2-8-19-14)17-6-7-18-13-9-11(15)4-5-12(13)16/h2-5,8-10,17H,6-7H2,1H3. The fourth-order valence-electron chi connectivity index (χ4n) is 1.66. The summed E-state index contributed by atoms with van der Waals surface area (Å²) in [4.78, 5) is 1.33. The third-order valence-electron chi connectivity index (χ3n) is 2.67. The molecule has 0 saturated heterocycles. The first-order chi connectivity index (χ1) is 9.16. The van der Waals surface area contributed by atoms with Gasteiger partial charge in [-0.1, -0.05) is 33.6 Å². The second-order valence-electron chi connectivity index (χ2n) is 4.11. The van der Waals surface area contributed by atoms with Crippen molar-refractivity contribution in [1.82, 2.24) is 5.32 Å². The minimum absolute atomic E-state index is 0.349. The summed E-state index contributed by atoms with van der Waals surface area (Å²) in [5.41, 5.74) is 0. The van der Waals surface area contributed by atoms with E-state index in [0.29, 0.717) is 23.4 Å². The molecule has 0 fully saturated rings. The highest BCUT2D eigenvalue weighted by atomic mass is 79.9. The summed E-state index contributed by atoms with van der Waals surface area (Å²) in [5, 5.41) is 6.14. The van der Waals surface area contributed by atoms with Gasteiger partial charge in [0.15, 0.2) is 0 Å². The van der Waals surface area contributed by atoms with E-state index in [9.17, 15) is 0 Å². The van der Waals surface area contributed by atoms with Crippen LogP contribution in [0, 0.1) is 0 Å². The Morgan fingerprint density at radius 2 is 2.26 bits per heavy atom. The van der Waals surface area contributed by atoms with Gasteiger partial charge in [0.05, 0.1) is 5.02 Å². The molecule has 1 aromatic heterocycles. The minimum Gasteiger partial charge on any atom is -0.491 e. The third kappa shape index (κ3) is 4.49. The maximum absolute atomic E-state index is 6.05. The number of thiophene rings is 1. The SMILES string of the molecule is CC(NCCOc1cc(Br)ccc1Cl)c1cccs1. The Balaban J connectivity index is 1.76. The van der Waals surface area contributed by atoms with Crippen molar-refractivity contribution >= 4 is 38.9 Å². The van der Waals surface area contributed by atoms with Crippen LogP contribution < -0.4 is 10.1 Å². The zero-order chi connectivity index (χ0) is 13.7. The first kappa shape index (κ1) is 14.9. The van der Waals surface area contributed by atoms with E-state index in [1.807, 2.05) is 18.2 Å². The van der Waals surface area contributed by atoms with Crippen molar-refractivity contribution in [2.45, 2.75) is 13.0 Å². The van der Waals surface area contributed by atoms with E-state index in [4.69, 9.17) is 16.3 Å². The van der Waals surface area contributed by atoms with Crippen molar-refractivity contribution in [3.8, 4) is 5.75 Å². The van der Waals surface area contributed by atoms with Crippen molar-refractivity contribution in [3.63, 3.8) is 0 Å². The van der Waals surface area contributed by atoms with Crippen LogP contribution in [0.5, 0.6) is 5.75 Å². The molecule has 0 spiro atoms. The van der Waals surface area contributed by atoms with Gasteiger partial charge < -0.3 is 10.1 Å². The third-order valence-corrected chi connectivity index (χ3v) is 4.53. The van der Waals surface area contributed by atoms with Crippen LogP contribution in [0.25, 0.3) is 0 Å².